The molecular formula is C18H17N3O3S2. The summed E-state index contributed by atoms with van der Waals surface area (Å²) in [5.41, 5.74) is 1.49. The van der Waals surface area contributed by atoms with Crippen molar-refractivity contribution in [2.75, 3.05) is 7.05 Å². The lowest BCUT2D eigenvalue weighted by Gasteiger charge is -2.25. The highest BCUT2D eigenvalue weighted by Gasteiger charge is 2.20. The summed E-state index contributed by atoms with van der Waals surface area (Å²) in [5, 5.41) is 15.8. The van der Waals surface area contributed by atoms with E-state index in [9.17, 15) is 14.9 Å². The fourth-order valence-electron chi connectivity index (χ4n) is 2.52. The third-order valence-corrected chi connectivity index (χ3v) is 6.08. The molecule has 0 saturated heterocycles. The van der Waals surface area contributed by atoms with E-state index < -0.39 is 4.92 Å². The zero-order valence-corrected chi connectivity index (χ0v) is 15.9. The third-order valence-electron chi connectivity index (χ3n) is 4.15. The van der Waals surface area contributed by atoms with E-state index in [1.54, 1.807) is 35.4 Å². The Morgan fingerprint density at radius 2 is 2.12 bits per heavy atom. The van der Waals surface area contributed by atoms with Gasteiger partial charge in [-0.3, -0.25) is 14.9 Å². The van der Waals surface area contributed by atoms with Crippen molar-refractivity contribution >= 4 is 34.3 Å². The summed E-state index contributed by atoms with van der Waals surface area (Å²) in [6.45, 7) is 1.86. The van der Waals surface area contributed by atoms with Crippen LogP contribution >= 0.6 is 22.7 Å². The van der Waals surface area contributed by atoms with Gasteiger partial charge in [-0.25, -0.2) is 4.98 Å². The number of nitro benzene ring substituents is 1. The van der Waals surface area contributed by atoms with Crippen LogP contribution in [0.15, 0.2) is 47.2 Å². The van der Waals surface area contributed by atoms with Crippen molar-refractivity contribution in [3.63, 3.8) is 0 Å². The SMILES string of the molecule is CC(c1cccc([N+](=O)[O-])c1)N(C)C(=O)Cc1csc(-c2cccs2)n1. The van der Waals surface area contributed by atoms with Crippen molar-refractivity contribution in [2.45, 2.75) is 19.4 Å². The molecule has 0 fully saturated rings. The van der Waals surface area contributed by atoms with Crippen LogP contribution < -0.4 is 0 Å². The number of thiazole rings is 1. The molecule has 1 aromatic carbocycles. The quantitative estimate of drug-likeness (QED) is 0.459. The zero-order valence-electron chi connectivity index (χ0n) is 14.3. The lowest BCUT2D eigenvalue weighted by Crippen LogP contribution is -2.31. The summed E-state index contributed by atoms with van der Waals surface area (Å²) in [7, 11) is 1.71. The minimum absolute atomic E-state index is 0.0234. The Labute approximate surface area is 158 Å². The molecule has 3 aromatic rings. The van der Waals surface area contributed by atoms with Crippen LogP contribution in [0.2, 0.25) is 0 Å². The summed E-state index contributed by atoms with van der Waals surface area (Å²) in [4.78, 5) is 30.3. The number of hydrogen-bond donors (Lipinski definition) is 0. The molecule has 2 aromatic heterocycles. The molecule has 6 nitrogen and oxygen atoms in total. The second kappa shape index (κ2) is 7.76. The van der Waals surface area contributed by atoms with Gasteiger partial charge in [-0.1, -0.05) is 18.2 Å². The van der Waals surface area contributed by atoms with Crippen molar-refractivity contribution in [3.05, 3.63) is 68.5 Å². The van der Waals surface area contributed by atoms with Crippen molar-refractivity contribution < 1.29 is 9.72 Å². The van der Waals surface area contributed by atoms with E-state index in [1.165, 1.54) is 23.5 Å². The minimum atomic E-state index is -0.431. The smallest absolute Gasteiger partial charge is 0.269 e. The number of amides is 1. The summed E-state index contributed by atoms with van der Waals surface area (Å²) in [6.07, 6.45) is 0.206. The number of likely N-dealkylation sites (N-methyl/N-ethyl adjacent to an activating group) is 1. The number of nitro groups is 1. The zero-order chi connectivity index (χ0) is 18.7. The highest BCUT2D eigenvalue weighted by Crippen LogP contribution is 2.28. The normalized spacial score (nSPS) is 11.9. The number of benzene rings is 1. The summed E-state index contributed by atoms with van der Waals surface area (Å²) >= 11 is 3.14. The van der Waals surface area contributed by atoms with Gasteiger partial charge in [-0.15, -0.1) is 22.7 Å². The van der Waals surface area contributed by atoms with Gasteiger partial charge in [-0.2, -0.15) is 0 Å². The van der Waals surface area contributed by atoms with E-state index in [0.717, 1.165) is 21.1 Å². The monoisotopic (exact) mass is 387 g/mol. The number of rotatable bonds is 6. The molecule has 0 bridgehead atoms. The Balaban J connectivity index is 1.69. The Morgan fingerprint density at radius 1 is 1.31 bits per heavy atom. The predicted octanol–water partition coefficient (Wildman–Crippen LogP) is 4.54. The molecule has 8 heteroatoms. The van der Waals surface area contributed by atoms with Crippen molar-refractivity contribution in [3.8, 4) is 9.88 Å². The molecule has 1 amide bonds. The van der Waals surface area contributed by atoms with Crippen molar-refractivity contribution in [1.29, 1.82) is 0 Å². The second-order valence-electron chi connectivity index (χ2n) is 5.83. The highest BCUT2D eigenvalue weighted by molar-refractivity contribution is 7.20. The van der Waals surface area contributed by atoms with Gasteiger partial charge in [0.15, 0.2) is 0 Å². The summed E-state index contributed by atoms with van der Waals surface area (Å²) in [5.74, 6) is -0.0768. The first-order valence-electron chi connectivity index (χ1n) is 7.94. The molecule has 0 N–H and O–H groups in total. The van der Waals surface area contributed by atoms with Gasteiger partial charge in [0, 0.05) is 24.6 Å². The van der Waals surface area contributed by atoms with E-state index in [0.29, 0.717) is 0 Å². The molecule has 3 rings (SSSR count). The van der Waals surface area contributed by atoms with E-state index in [-0.39, 0.29) is 24.1 Å². The second-order valence-corrected chi connectivity index (χ2v) is 7.64. The highest BCUT2D eigenvalue weighted by atomic mass is 32.1. The maximum Gasteiger partial charge on any atom is 0.269 e. The topological polar surface area (TPSA) is 76.3 Å². The first kappa shape index (κ1) is 18.2. The van der Waals surface area contributed by atoms with Crippen LogP contribution in [-0.4, -0.2) is 27.8 Å². The molecule has 0 aliphatic rings. The first-order valence-corrected chi connectivity index (χ1v) is 9.70. The van der Waals surface area contributed by atoms with E-state index in [1.807, 2.05) is 29.8 Å². The number of carbonyl (C=O) groups is 1. The Morgan fingerprint density at radius 3 is 2.81 bits per heavy atom. The van der Waals surface area contributed by atoms with Gasteiger partial charge in [0.2, 0.25) is 5.91 Å². The number of non-ortho nitro benzene ring substituents is 1. The average Bonchev–Trinajstić information content (AvgIpc) is 3.32. The maximum absolute atomic E-state index is 12.6. The molecule has 0 saturated carbocycles. The molecule has 2 heterocycles. The fraction of sp³-hybridized carbons (Fsp3) is 0.222. The van der Waals surface area contributed by atoms with Crippen LogP contribution in [-0.2, 0) is 11.2 Å². The molecule has 0 aliphatic carbocycles. The van der Waals surface area contributed by atoms with E-state index in [4.69, 9.17) is 0 Å². The van der Waals surface area contributed by atoms with Gasteiger partial charge in [0.05, 0.1) is 28.0 Å². The minimum Gasteiger partial charge on any atom is -0.339 e. The number of nitrogens with zero attached hydrogens (tertiary/aromatic N) is 3. The van der Waals surface area contributed by atoms with Crippen LogP contribution in [0.4, 0.5) is 5.69 Å². The predicted molar refractivity (Wildman–Crippen MR) is 103 cm³/mol. The molecular weight excluding hydrogens is 370 g/mol. The largest absolute Gasteiger partial charge is 0.339 e. The standard InChI is InChI=1S/C18H17N3O3S2/c1-12(13-5-3-6-15(9-13)21(23)24)20(2)17(22)10-14-11-26-18(19-14)16-7-4-8-25-16/h3-9,11-12H,10H2,1-2H3. The van der Waals surface area contributed by atoms with Crippen LogP contribution in [0.1, 0.15) is 24.2 Å². The van der Waals surface area contributed by atoms with Gasteiger partial charge in [0.1, 0.15) is 5.01 Å². The Hall–Kier alpha value is -2.58. The number of hydrogen-bond acceptors (Lipinski definition) is 6. The van der Waals surface area contributed by atoms with Gasteiger partial charge in [-0.05, 0) is 23.9 Å². The van der Waals surface area contributed by atoms with Gasteiger partial charge < -0.3 is 4.90 Å². The maximum atomic E-state index is 12.6. The Kier molecular flexibility index (Phi) is 5.43. The fourth-order valence-corrected chi connectivity index (χ4v) is 4.15. The van der Waals surface area contributed by atoms with Crippen LogP contribution in [0.3, 0.4) is 0 Å². The lowest BCUT2D eigenvalue weighted by molar-refractivity contribution is -0.384. The summed E-state index contributed by atoms with van der Waals surface area (Å²) in [6, 6.07) is 10.1. The van der Waals surface area contributed by atoms with Crippen LogP contribution in [0.25, 0.3) is 9.88 Å². The molecule has 134 valence electrons. The molecule has 1 atom stereocenters. The van der Waals surface area contributed by atoms with Gasteiger partial charge >= 0.3 is 0 Å². The number of carbonyl (C=O) groups excluding carboxylic acids is 1. The van der Waals surface area contributed by atoms with Crippen LogP contribution in [0.5, 0.6) is 0 Å². The molecule has 0 aliphatic heterocycles. The Bertz CT molecular complexity index is 921. The lowest BCUT2D eigenvalue weighted by atomic mass is 10.1. The molecule has 26 heavy (non-hydrogen) atoms. The molecule has 0 spiro atoms. The van der Waals surface area contributed by atoms with E-state index in [2.05, 4.69) is 4.98 Å². The number of aromatic nitrogens is 1. The first-order chi connectivity index (χ1) is 12.5. The third kappa shape index (κ3) is 3.97. The summed E-state index contributed by atoms with van der Waals surface area (Å²) < 4.78 is 0. The van der Waals surface area contributed by atoms with Gasteiger partial charge in [0.25, 0.3) is 5.69 Å². The molecule has 0 radical (unpaired) electrons. The average molecular weight is 387 g/mol. The number of thiophene rings is 1. The van der Waals surface area contributed by atoms with Crippen molar-refractivity contribution in [2.24, 2.45) is 0 Å². The van der Waals surface area contributed by atoms with Crippen LogP contribution in [0, 0.1) is 10.1 Å². The van der Waals surface area contributed by atoms with Crippen molar-refractivity contribution in [1.82, 2.24) is 9.88 Å². The molecule has 1 unspecified atom stereocenters. The van der Waals surface area contributed by atoms with E-state index >= 15 is 0 Å².